The van der Waals surface area contributed by atoms with Gasteiger partial charge in [0.15, 0.2) is 0 Å². The second-order valence-corrected chi connectivity index (χ2v) is 4.42. The van der Waals surface area contributed by atoms with Crippen LogP contribution in [0.1, 0.15) is 15.9 Å². The van der Waals surface area contributed by atoms with E-state index in [2.05, 4.69) is 0 Å². The fraction of sp³-hybridized carbons (Fsp3) is 0.133. The summed E-state index contributed by atoms with van der Waals surface area (Å²) in [6.07, 6.45) is 0. The van der Waals surface area contributed by atoms with Gasteiger partial charge in [-0.2, -0.15) is 0 Å². The monoisotopic (exact) mass is 277 g/mol. The molecule has 3 nitrogen and oxygen atoms in total. The van der Waals surface area contributed by atoms with Crippen molar-refractivity contribution >= 4 is 11.7 Å². The van der Waals surface area contributed by atoms with Crippen LogP contribution >= 0.6 is 0 Å². The third-order valence-electron chi connectivity index (χ3n) is 2.98. The third-order valence-corrected chi connectivity index (χ3v) is 2.98. The molecule has 0 unspecified atom stereocenters. The van der Waals surface area contributed by atoms with Crippen LogP contribution in [0.25, 0.3) is 0 Å². The molecule has 2 rings (SSSR count). The second-order valence-electron chi connectivity index (χ2n) is 4.42. The van der Waals surface area contributed by atoms with Gasteiger partial charge in [0.05, 0.1) is 5.56 Å². The van der Waals surface area contributed by atoms with E-state index in [0.29, 0.717) is 5.69 Å². The Balaban J connectivity index is 2.23. The van der Waals surface area contributed by atoms with Gasteiger partial charge in [-0.15, -0.1) is 0 Å². The molecule has 20 heavy (non-hydrogen) atoms. The first kappa shape index (κ1) is 14.0. The summed E-state index contributed by atoms with van der Waals surface area (Å²) in [7, 11) is 1.72. The van der Waals surface area contributed by atoms with Crippen molar-refractivity contribution in [1.29, 1.82) is 0 Å². The molecule has 2 aromatic carbocycles. The van der Waals surface area contributed by atoms with Crippen molar-refractivity contribution in [2.75, 3.05) is 11.9 Å². The van der Waals surface area contributed by atoms with Crippen molar-refractivity contribution in [2.24, 2.45) is 0 Å². The van der Waals surface area contributed by atoms with Crippen LogP contribution in [0.4, 0.5) is 14.5 Å². The highest BCUT2D eigenvalue weighted by Gasteiger charge is 2.14. The summed E-state index contributed by atoms with van der Waals surface area (Å²) in [4.78, 5) is 12.6. The third kappa shape index (κ3) is 2.93. The zero-order valence-electron chi connectivity index (χ0n) is 10.8. The Morgan fingerprint density at radius 1 is 1.15 bits per heavy atom. The number of benzene rings is 2. The predicted molar refractivity (Wildman–Crippen MR) is 71.9 cm³/mol. The zero-order valence-corrected chi connectivity index (χ0v) is 10.8. The van der Waals surface area contributed by atoms with E-state index in [4.69, 9.17) is 5.11 Å². The molecule has 0 amide bonds. The summed E-state index contributed by atoms with van der Waals surface area (Å²) in [6.45, 7) is 0.193. The second kappa shape index (κ2) is 5.69. The topological polar surface area (TPSA) is 40.5 Å². The van der Waals surface area contributed by atoms with Crippen LogP contribution in [-0.4, -0.2) is 18.1 Å². The molecule has 0 fully saturated rings. The lowest BCUT2D eigenvalue weighted by Crippen LogP contribution is -2.18. The molecule has 0 aliphatic rings. The molecule has 0 aliphatic carbocycles. The van der Waals surface area contributed by atoms with Gasteiger partial charge in [-0.3, -0.25) is 0 Å². The summed E-state index contributed by atoms with van der Waals surface area (Å²) in [5.74, 6) is -2.39. The Labute approximate surface area is 115 Å². The highest BCUT2D eigenvalue weighted by atomic mass is 19.1. The first-order valence-corrected chi connectivity index (χ1v) is 5.96. The van der Waals surface area contributed by atoms with E-state index in [1.54, 1.807) is 24.1 Å². The number of nitrogens with zero attached hydrogens (tertiary/aromatic N) is 1. The minimum atomic E-state index is -1.30. The maximum absolute atomic E-state index is 14.0. The molecule has 1 N–H and O–H groups in total. The highest BCUT2D eigenvalue weighted by molar-refractivity contribution is 5.88. The Bertz CT molecular complexity index is 626. The number of carboxylic acid groups (broad SMARTS) is 1. The maximum Gasteiger partial charge on any atom is 0.338 e. The van der Waals surface area contributed by atoms with Crippen LogP contribution in [0.2, 0.25) is 0 Å². The minimum Gasteiger partial charge on any atom is -0.478 e. The van der Waals surface area contributed by atoms with Gasteiger partial charge in [0.25, 0.3) is 0 Å². The standard InChI is InChI=1S/C15H13F2NO2/c1-18(12-7-5-11(16)6-8-12)9-10-3-2-4-13(14(10)17)15(19)20/h2-8H,9H2,1H3,(H,19,20). The van der Waals surface area contributed by atoms with Gasteiger partial charge in [-0.1, -0.05) is 12.1 Å². The number of carbonyl (C=O) groups is 1. The summed E-state index contributed by atoms with van der Waals surface area (Å²) in [6, 6.07) is 10.0. The SMILES string of the molecule is CN(Cc1cccc(C(=O)O)c1F)c1ccc(F)cc1. The molecule has 0 radical (unpaired) electrons. The van der Waals surface area contributed by atoms with Gasteiger partial charge < -0.3 is 10.0 Å². The Kier molecular flexibility index (Phi) is 3.98. The lowest BCUT2D eigenvalue weighted by Gasteiger charge is -2.20. The van der Waals surface area contributed by atoms with Crippen LogP contribution in [-0.2, 0) is 6.54 Å². The number of anilines is 1. The van der Waals surface area contributed by atoms with E-state index in [1.165, 1.54) is 30.3 Å². The van der Waals surface area contributed by atoms with E-state index in [1.807, 2.05) is 0 Å². The van der Waals surface area contributed by atoms with Crippen molar-refractivity contribution in [3.05, 3.63) is 65.2 Å². The van der Waals surface area contributed by atoms with E-state index in [9.17, 15) is 13.6 Å². The number of halogens is 2. The predicted octanol–water partition coefficient (Wildman–Crippen LogP) is 3.30. The van der Waals surface area contributed by atoms with E-state index < -0.39 is 11.8 Å². The van der Waals surface area contributed by atoms with Gasteiger partial charge in [0, 0.05) is 24.8 Å². The average Bonchev–Trinajstić information content (AvgIpc) is 2.41. The van der Waals surface area contributed by atoms with Crippen LogP contribution < -0.4 is 4.90 Å². The van der Waals surface area contributed by atoms with Crippen molar-refractivity contribution < 1.29 is 18.7 Å². The Morgan fingerprint density at radius 3 is 2.40 bits per heavy atom. The molecule has 104 valence electrons. The molecule has 0 bridgehead atoms. The number of hydrogen-bond donors (Lipinski definition) is 1. The van der Waals surface area contributed by atoms with E-state index in [0.717, 1.165) is 0 Å². The van der Waals surface area contributed by atoms with Crippen molar-refractivity contribution in [2.45, 2.75) is 6.54 Å². The summed E-state index contributed by atoms with van der Waals surface area (Å²) in [5.41, 5.74) is 0.637. The molecule has 0 aromatic heterocycles. The fourth-order valence-corrected chi connectivity index (χ4v) is 1.91. The maximum atomic E-state index is 14.0. The van der Waals surface area contributed by atoms with Crippen LogP contribution in [0.3, 0.4) is 0 Å². The molecular formula is C15H13F2NO2. The lowest BCUT2D eigenvalue weighted by molar-refractivity contribution is 0.0691. The number of carboxylic acids is 1. The van der Waals surface area contributed by atoms with E-state index in [-0.39, 0.29) is 23.5 Å². The Morgan fingerprint density at radius 2 is 1.80 bits per heavy atom. The van der Waals surface area contributed by atoms with Gasteiger partial charge in [0.1, 0.15) is 11.6 Å². The quantitative estimate of drug-likeness (QED) is 0.932. The molecule has 0 heterocycles. The van der Waals surface area contributed by atoms with Gasteiger partial charge in [-0.25, -0.2) is 13.6 Å². The first-order valence-electron chi connectivity index (χ1n) is 5.96. The van der Waals surface area contributed by atoms with Crippen molar-refractivity contribution in [1.82, 2.24) is 0 Å². The largest absolute Gasteiger partial charge is 0.478 e. The number of rotatable bonds is 4. The van der Waals surface area contributed by atoms with Gasteiger partial charge >= 0.3 is 5.97 Å². The van der Waals surface area contributed by atoms with Crippen molar-refractivity contribution in [3.63, 3.8) is 0 Å². The summed E-state index contributed by atoms with van der Waals surface area (Å²) >= 11 is 0. The lowest BCUT2D eigenvalue weighted by atomic mass is 10.1. The molecule has 0 spiro atoms. The molecule has 0 atom stereocenters. The zero-order chi connectivity index (χ0) is 14.7. The Hall–Kier alpha value is -2.43. The molecular weight excluding hydrogens is 264 g/mol. The molecule has 0 saturated heterocycles. The summed E-state index contributed by atoms with van der Waals surface area (Å²) in [5, 5.41) is 8.88. The molecule has 5 heteroatoms. The van der Waals surface area contributed by atoms with Crippen LogP contribution in [0.15, 0.2) is 42.5 Å². The van der Waals surface area contributed by atoms with Crippen LogP contribution in [0.5, 0.6) is 0 Å². The van der Waals surface area contributed by atoms with Crippen molar-refractivity contribution in [3.8, 4) is 0 Å². The smallest absolute Gasteiger partial charge is 0.338 e. The number of aromatic carboxylic acids is 1. The highest BCUT2D eigenvalue weighted by Crippen LogP contribution is 2.19. The number of hydrogen-bond acceptors (Lipinski definition) is 2. The summed E-state index contributed by atoms with van der Waals surface area (Å²) < 4.78 is 26.8. The van der Waals surface area contributed by atoms with Gasteiger partial charge in [0.2, 0.25) is 0 Å². The first-order chi connectivity index (χ1) is 9.49. The molecule has 0 aliphatic heterocycles. The average molecular weight is 277 g/mol. The molecule has 0 saturated carbocycles. The molecule has 2 aromatic rings. The van der Waals surface area contributed by atoms with Crippen LogP contribution in [0, 0.1) is 11.6 Å². The van der Waals surface area contributed by atoms with E-state index >= 15 is 0 Å². The fourth-order valence-electron chi connectivity index (χ4n) is 1.91. The minimum absolute atomic E-state index is 0.193. The normalized spacial score (nSPS) is 10.3. The van der Waals surface area contributed by atoms with Gasteiger partial charge in [-0.05, 0) is 30.3 Å².